The van der Waals surface area contributed by atoms with Crippen molar-refractivity contribution in [1.82, 2.24) is 10.3 Å². The molecule has 0 amide bonds. The van der Waals surface area contributed by atoms with E-state index >= 15 is 0 Å². The zero-order valence-electron chi connectivity index (χ0n) is 19.5. The minimum Gasteiger partial charge on any atom is -0.497 e. The van der Waals surface area contributed by atoms with Crippen LogP contribution in [0.1, 0.15) is 50.2 Å². The van der Waals surface area contributed by atoms with E-state index in [9.17, 15) is 0 Å². The first-order chi connectivity index (χ1) is 14.7. The number of ether oxygens (including phenoxy) is 1. The van der Waals surface area contributed by atoms with Gasteiger partial charge in [-0.2, -0.15) is 0 Å². The molecule has 0 spiro atoms. The van der Waals surface area contributed by atoms with Gasteiger partial charge in [-0.3, -0.25) is 9.98 Å². The lowest BCUT2D eigenvalue weighted by molar-refractivity contribution is 0.00578. The summed E-state index contributed by atoms with van der Waals surface area (Å²) < 4.78 is 17.6. The molecule has 1 aromatic heterocycles. The van der Waals surface area contributed by atoms with E-state index < -0.39 is 18.3 Å². The van der Waals surface area contributed by atoms with E-state index in [1.54, 1.807) is 14.2 Å². The molecule has 164 valence electrons. The van der Waals surface area contributed by atoms with Gasteiger partial charge in [-0.1, -0.05) is 12.1 Å². The fourth-order valence-corrected chi connectivity index (χ4v) is 3.30. The van der Waals surface area contributed by atoms with E-state index in [4.69, 9.17) is 19.0 Å². The molecule has 0 saturated carbocycles. The van der Waals surface area contributed by atoms with Crippen LogP contribution >= 0.6 is 0 Å². The minimum absolute atomic E-state index is 0.396. The summed E-state index contributed by atoms with van der Waals surface area (Å²) in [6.07, 6.45) is 5.68. The Bertz CT molecular complexity index is 953. The fraction of sp³-hybridized carbons (Fsp3) is 0.417. The molecule has 2 heterocycles. The average Bonchev–Trinajstić information content (AvgIpc) is 2.94. The lowest BCUT2D eigenvalue weighted by atomic mass is 9.77. The zero-order valence-corrected chi connectivity index (χ0v) is 19.5. The fourth-order valence-electron chi connectivity index (χ4n) is 3.30. The van der Waals surface area contributed by atoms with Crippen molar-refractivity contribution in [1.29, 1.82) is 0 Å². The number of aliphatic imine (C=N–C) groups is 1. The molecular formula is C24H32BN3O3. The Morgan fingerprint density at radius 3 is 2.35 bits per heavy atom. The highest BCUT2D eigenvalue weighted by Gasteiger charge is 2.52. The molecule has 1 aliphatic heterocycles. The lowest BCUT2D eigenvalue weighted by Crippen LogP contribution is -2.41. The van der Waals surface area contributed by atoms with Crippen LogP contribution in [0, 0.1) is 6.92 Å². The molecule has 3 rings (SSSR count). The number of methoxy groups -OCH3 is 1. The highest BCUT2D eigenvalue weighted by molar-refractivity contribution is 6.62. The monoisotopic (exact) mass is 421 g/mol. The number of nitrogens with zero attached hydrogens (tertiary/aromatic N) is 2. The summed E-state index contributed by atoms with van der Waals surface area (Å²) >= 11 is 0. The Morgan fingerprint density at radius 1 is 1.13 bits per heavy atom. The molecule has 7 heteroatoms. The van der Waals surface area contributed by atoms with Gasteiger partial charge in [-0.05, 0) is 70.7 Å². The highest BCUT2D eigenvalue weighted by Crippen LogP contribution is 2.36. The quantitative estimate of drug-likeness (QED) is 0.548. The number of aromatic nitrogens is 1. The molecular weight excluding hydrogens is 389 g/mol. The smallest absolute Gasteiger partial charge is 0.496 e. The van der Waals surface area contributed by atoms with Crippen LogP contribution in [0.25, 0.3) is 6.08 Å². The summed E-state index contributed by atoms with van der Waals surface area (Å²) in [5.41, 5.74) is 3.94. The Hall–Kier alpha value is -2.64. The van der Waals surface area contributed by atoms with Gasteiger partial charge in [0.25, 0.3) is 0 Å². The number of hydrogen-bond acceptors (Lipinski definition) is 6. The zero-order chi connectivity index (χ0) is 22.6. The lowest BCUT2D eigenvalue weighted by Gasteiger charge is -2.32. The van der Waals surface area contributed by atoms with Crippen LogP contribution in [0.4, 0.5) is 0 Å². The van der Waals surface area contributed by atoms with Crippen LogP contribution in [0.5, 0.6) is 5.75 Å². The molecule has 0 radical (unpaired) electrons. The number of nitrogens with one attached hydrogen (secondary N) is 1. The van der Waals surface area contributed by atoms with Gasteiger partial charge < -0.3 is 19.4 Å². The molecule has 0 bridgehead atoms. The van der Waals surface area contributed by atoms with E-state index in [0.717, 1.165) is 28.2 Å². The second-order valence-corrected chi connectivity index (χ2v) is 8.68. The predicted molar refractivity (Wildman–Crippen MR) is 127 cm³/mol. The molecule has 2 aromatic rings. The third-order valence-corrected chi connectivity index (χ3v) is 5.91. The van der Waals surface area contributed by atoms with Crippen molar-refractivity contribution in [2.45, 2.75) is 52.4 Å². The van der Waals surface area contributed by atoms with Crippen molar-refractivity contribution in [3.8, 4) is 5.75 Å². The van der Waals surface area contributed by atoms with Gasteiger partial charge in [0.05, 0.1) is 24.0 Å². The van der Waals surface area contributed by atoms with E-state index in [1.165, 1.54) is 5.56 Å². The molecule has 1 aliphatic rings. The van der Waals surface area contributed by atoms with Crippen LogP contribution < -0.4 is 15.5 Å². The molecule has 6 nitrogen and oxygen atoms in total. The van der Waals surface area contributed by atoms with Crippen molar-refractivity contribution in [3.63, 3.8) is 0 Å². The maximum absolute atomic E-state index is 6.22. The van der Waals surface area contributed by atoms with Crippen LogP contribution in [-0.4, -0.2) is 43.7 Å². The van der Waals surface area contributed by atoms with Crippen molar-refractivity contribution in [2.24, 2.45) is 4.99 Å². The Morgan fingerprint density at radius 2 is 1.77 bits per heavy atom. The summed E-state index contributed by atoms with van der Waals surface area (Å²) in [7, 11) is 2.97. The molecule has 1 aromatic carbocycles. The van der Waals surface area contributed by atoms with Gasteiger partial charge in [0, 0.05) is 36.5 Å². The number of rotatable bonds is 7. The van der Waals surface area contributed by atoms with Crippen LogP contribution in [0.15, 0.2) is 41.5 Å². The summed E-state index contributed by atoms with van der Waals surface area (Å²) in [6.45, 7) is 10.9. The highest BCUT2D eigenvalue weighted by atomic mass is 16.7. The van der Waals surface area contributed by atoms with E-state index in [1.807, 2.05) is 49.7 Å². The van der Waals surface area contributed by atoms with Gasteiger partial charge in [0.15, 0.2) is 0 Å². The second kappa shape index (κ2) is 9.24. The number of pyridine rings is 1. The van der Waals surface area contributed by atoms with Crippen LogP contribution in [0.2, 0.25) is 0 Å². The molecule has 1 fully saturated rings. The SMILES string of the molecule is CN=Cc1cc(B2OC(C)(C)C(C)(C)O2)c(C)nc1/C=C/NCc1ccc(OC)cc1. The van der Waals surface area contributed by atoms with Gasteiger partial charge in [0.2, 0.25) is 0 Å². The second-order valence-electron chi connectivity index (χ2n) is 8.68. The van der Waals surface area contributed by atoms with Gasteiger partial charge >= 0.3 is 7.12 Å². The standard InChI is InChI=1S/C24H32BN3O3/c1-17-21(25-30-23(2,3)24(4,5)31-25)14-19(16-26-6)22(28-17)12-13-27-15-18-8-10-20(29-7)11-9-18/h8-14,16,27H,15H2,1-7H3/b13-12+,26-16?. The van der Waals surface area contributed by atoms with Crippen molar-refractivity contribution < 1.29 is 14.0 Å². The van der Waals surface area contributed by atoms with E-state index in [0.29, 0.717) is 6.54 Å². The van der Waals surface area contributed by atoms with Crippen LogP contribution in [-0.2, 0) is 15.9 Å². The predicted octanol–water partition coefficient (Wildman–Crippen LogP) is 3.51. The molecule has 0 aliphatic carbocycles. The maximum Gasteiger partial charge on any atom is 0.496 e. The first-order valence-corrected chi connectivity index (χ1v) is 10.5. The third kappa shape index (κ3) is 5.17. The van der Waals surface area contributed by atoms with Crippen molar-refractivity contribution >= 4 is 24.9 Å². The number of aryl methyl sites for hydroxylation is 1. The van der Waals surface area contributed by atoms with Gasteiger partial charge in [-0.25, -0.2) is 0 Å². The van der Waals surface area contributed by atoms with Crippen LogP contribution in [0.3, 0.4) is 0 Å². The third-order valence-electron chi connectivity index (χ3n) is 5.91. The van der Waals surface area contributed by atoms with Crippen molar-refractivity contribution in [2.75, 3.05) is 14.2 Å². The molecule has 1 saturated heterocycles. The minimum atomic E-state index is -0.451. The maximum atomic E-state index is 6.22. The van der Waals surface area contributed by atoms with Crippen molar-refractivity contribution in [3.05, 3.63) is 59.0 Å². The Labute approximate surface area is 185 Å². The van der Waals surface area contributed by atoms with E-state index in [2.05, 4.69) is 44.1 Å². The number of benzene rings is 1. The summed E-state index contributed by atoms with van der Waals surface area (Å²) in [5, 5.41) is 3.31. The van der Waals surface area contributed by atoms with E-state index in [-0.39, 0.29) is 0 Å². The molecule has 31 heavy (non-hydrogen) atoms. The van der Waals surface area contributed by atoms with Gasteiger partial charge in [0.1, 0.15) is 5.75 Å². The summed E-state index contributed by atoms with van der Waals surface area (Å²) in [4.78, 5) is 9.00. The first-order valence-electron chi connectivity index (χ1n) is 10.5. The first kappa shape index (κ1) is 23.0. The summed E-state index contributed by atoms with van der Waals surface area (Å²) in [6, 6.07) is 10.0. The molecule has 0 atom stereocenters. The largest absolute Gasteiger partial charge is 0.497 e. The Kier molecular flexibility index (Phi) is 6.87. The molecule has 1 N–H and O–H groups in total. The topological polar surface area (TPSA) is 65.0 Å². The normalized spacial score (nSPS) is 17.6. The Balaban J connectivity index is 1.76. The van der Waals surface area contributed by atoms with Gasteiger partial charge in [-0.15, -0.1) is 0 Å². The average molecular weight is 421 g/mol. The summed E-state index contributed by atoms with van der Waals surface area (Å²) in [5.74, 6) is 0.851. The molecule has 0 unspecified atom stereocenters. The number of hydrogen-bond donors (Lipinski definition) is 1.